The molecule has 0 aliphatic rings. The van der Waals surface area contributed by atoms with E-state index < -0.39 is 0 Å². The number of hydrogen-bond acceptors (Lipinski definition) is 2. The monoisotopic (exact) mass is 470 g/mol. The van der Waals surface area contributed by atoms with Gasteiger partial charge in [0.05, 0.1) is 13.0 Å². The summed E-state index contributed by atoms with van der Waals surface area (Å²) in [5.74, 6) is -0.230. The van der Waals surface area contributed by atoms with Crippen LogP contribution in [0.5, 0.6) is 0 Å². The third kappa shape index (κ3) is 7.81. The molecule has 140 valence electrons. The highest BCUT2D eigenvalue weighted by Gasteiger charge is 2.03. The van der Waals surface area contributed by atoms with E-state index in [-0.39, 0.29) is 42.1 Å². The third-order valence-corrected chi connectivity index (χ3v) is 3.46. The summed E-state index contributed by atoms with van der Waals surface area (Å²) < 4.78 is 13.1. The molecule has 0 aromatic heterocycles. The fourth-order valence-electron chi connectivity index (χ4n) is 2.50. The molecule has 0 heterocycles. The number of aliphatic imine (C=N–C) groups is 1. The Kier molecular flexibility index (Phi) is 9.04. The number of aryl methyl sites for hydroxylation is 2. The maximum Gasteiger partial charge on any atom is 0.224 e. The zero-order chi connectivity index (χ0) is 18.2. The second-order valence-corrected chi connectivity index (χ2v) is 5.92. The van der Waals surface area contributed by atoms with Gasteiger partial charge in [0, 0.05) is 12.2 Å². The van der Waals surface area contributed by atoms with Crippen LogP contribution in [0.4, 0.5) is 10.1 Å². The number of benzene rings is 2. The number of nitrogens with one attached hydrogen (secondary N) is 2. The standard InChI is InChI=1S/C19H23FN4O.HI/c1-13-8-14(2)10-17(9-13)24-19(21)23-7-6-22-18(25)12-15-4-3-5-16(20)11-15;/h3-5,8-11H,6-7,12H2,1-2H3,(H,22,25)(H3,21,23,24);1H. The van der Waals surface area contributed by atoms with Crippen LogP contribution < -0.4 is 16.4 Å². The summed E-state index contributed by atoms with van der Waals surface area (Å²) in [6.45, 7) is 4.75. The summed E-state index contributed by atoms with van der Waals surface area (Å²) in [6, 6.07) is 12.0. The van der Waals surface area contributed by atoms with Gasteiger partial charge < -0.3 is 16.4 Å². The van der Waals surface area contributed by atoms with Gasteiger partial charge in [0.15, 0.2) is 5.96 Å². The van der Waals surface area contributed by atoms with E-state index in [2.05, 4.69) is 21.7 Å². The van der Waals surface area contributed by atoms with Crippen LogP contribution in [-0.4, -0.2) is 25.0 Å². The predicted octanol–water partition coefficient (Wildman–Crippen LogP) is 3.15. The van der Waals surface area contributed by atoms with Crippen LogP contribution >= 0.6 is 24.0 Å². The van der Waals surface area contributed by atoms with Gasteiger partial charge in [0.25, 0.3) is 0 Å². The normalized spacial score (nSPS) is 10.8. The number of hydrogen-bond donors (Lipinski definition) is 3. The number of nitrogens with two attached hydrogens (primary N) is 1. The van der Waals surface area contributed by atoms with Crippen molar-refractivity contribution >= 4 is 41.5 Å². The molecule has 0 fully saturated rings. The molecule has 0 unspecified atom stereocenters. The molecule has 26 heavy (non-hydrogen) atoms. The lowest BCUT2D eigenvalue weighted by atomic mass is 10.1. The van der Waals surface area contributed by atoms with E-state index in [9.17, 15) is 9.18 Å². The van der Waals surface area contributed by atoms with E-state index in [1.165, 1.54) is 12.1 Å². The van der Waals surface area contributed by atoms with Gasteiger partial charge in [-0.15, -0.1) is 24.0 Å². The van der Waals surface area contributed by atoms with Crippen LogP contribution in [-0.2, 0) is 11.2 Å². The number of carbonyl (C=O) groups excluding carboxylic acids is 1. The largest absolute Gasteiger partial charge is 0.370 e. The highest BCUT2D eigenvalue weighted by Crippen LogP contribution is 2.13. The van der Waals surface area contributed by atoms with E-state index in [1.807, 2.05) is 26.0 Å². The number of guanidine groups is 1. The van der Waals surface area contributed by atoms with E-state index in [0.717, 1.165) is 16.8 Å². The molecule has 0 saturated heterocycles. The van der Waals surface area contributed by atoms with Crippen molar-refractivity contribution < 1.29 is 9.18 Å². The molecular formula is C19H24FIN4O. The number of carbonyl (C=O) groups is 1. The van der Waals surface area contributed by atoms with Gasteiger partial charge in [0.1, 0.15) is 5.82 Å². The van der Waals surface area contributed by atoms with Crippen LogP contribution in [0, 0.1) is 19.7 Å². The van der Waals surface area contributed by atoms with Crippen molar-refractivity contribution in [3.05, 3.63) is 65.0 Å². The van der Waals surface area contributed by atoms with Gasteiger partial charge in [-0.3, -0.25) is 9.79 Å². The summed E-state index contributed by atoms with van der Waals surface area (Å²) in [4.78, 5) is 16.0. The lowest BCUT2D eigenvalue weighted by Crippen LogP contribution is -2.29. The molecule has 0 radical (unpaired) electrons. The average Bonchev–Trinajstić information content (AvgIpc) is 2.50. The van der Waals surface area contributed by atoms with Crippen molar-refractivity contribution in [2.75, 3.05) is 18.4 Å². The van der Waals surface area contributed by atoms with E-state index in [0.29, 0.717) is 24.6 Å². The fourth-order valence-corrected chi connectivity index (χ4v) is 2.50. The molecule has 0 aliphatic carbocycles. The SMILES string of the molecule is Cc1cc(C)cc(NC(N)=NCCNC(=O)Cc2cccc(F)c2)c1.I. The Morgan fingerprint density at radius 2 is 1.85 bits per heavy atom. The summed E-state index contributed by atoms with van der Waals surface area (Å²) >= 11 is 0. The van der Waals surface area contributed by atoms with Crippen molar-refractivity contribution in [1.29, 1.82) is 0 Å². The van der Waals surface area contributed by atoms with Gasteiger partial charge >= 0.3 is 0 Å². The van der Waals surface area contributed by atoms with Gasteiger partial charge in [-0.1, -0.05) is 18.2 Å². The highest BCUT2D eigenvalue weighted by molar-refractivity contribution is 14.0. The number of anilines is 1. The molecule has 0 bridgehead atoms. The predicted molar refractivity (Wildman–Crippen MR) is 115 cm³/mol. The molecular weight excluding hydrogens is 446 g/mol. The first kappa shape index (κ1) is 21.9. The first-order valence-electron chi connectivity index (χ1n) is 8.09. The number of rotatable bonds is 6. The Hall–Kier alpha value is -2.16. The minimum Gasteiger partial charge on any atom is -0.370 e. The van der Waals surface area contributed by atoms with Crippen molar-refractivity contribution in [3.63, 3.8) is 0 Å². The maximum atomic E-state index is 13.1. The topological polar surface area (TPSA) is 79.5 Å². The van der Waals surface area contributed by atoms with Crippen LogP contribution in [0.3, 0.4) is 0 Å². The minimum absolute atomic E-state index is 0. The summed E-state index contributed by atoms with van der Waals surface area (Å²) in [5, 5.41) is 5.77. The Labute approximate surface area is 170 Å². The Balaban J connectivity index is 0.00000338. The van der Waals surface area contributed by atoms with Crippen LogP contribution in [0.2, 0.25) is 0 Å². The molecule has 2 aromatic rings. The quantitative estimate of drug-likeness (QED) is 0.263. The number of halogens is 2. The van der Waals surface area contributed by atoms with Gasteiger partial charge in [-0.05, 0) is 54.8 Å². The molecule has 5 nitrogen and oxygen atoms in total. The Morgan fingerprint density at radius 1 is 1.15 bits per heavy atom. The van der Waals surface area contributed by atoms with Gasteiger partial charge in [-0.2, -0.15) is 0 Å². The van der Waals surface area contributed by atoms with Crippen LogP contribution in [0.1, 0.15) is 16.7 Å². The van der Waals surface area contributed by atoms with Crippen molar-refractivity contribution in [2.24, 2.45) is 10.7 Å². The zero-order valence-electron chi connectivity index (χ0n) is 14.9. The minimum atomic E-state index is -0.347. The number of amides is 1. The Bertz CT molecular complexity index is 760. The second kappa shape index (κ2) is 10.7. The molecule has 0 aliphatic heterocycles. The first-order valence-corrected chi connectivity index (χ1v) is 8.09. The van der Waals surface area contributed by atoms with Crippen molar-refractivity contribution in [3.8, 4) is 0 Å². The summed E-state index contributed by atoms with van der Waals surface area (Å²) in [5.41, 5.74) is 9.64. The average molecular weight is 470 g/mol. The van der Waals surface area contributed by atoms with Crippen LogP contribution in [0.25, 0.3) is 0 Å². The zero-order valence-corrected chi connectivity index (χ0v) is 17.2. The van der Waals surface area contributed by atoms with E-state index in [1.54, 1.807) is 12.1 Å². The third-order valence-electron chi connectivity index (χ3n) is 3.46. The molecule has 2 rings (SSSR count). The molecule has 0 atom stereocenters. The molecule has 2 aromatic carbocycles. The lowest BCUT2D eigenvalue weighted by molar-refractivity contribution is -0.120. The van der Waals surface area contributed by atoms with Crippen molar-refractivity contribution in [1.82, 2.24) is 5.32 Å². The lowest BCUT2D eigenvalue weighted by Gasteiger charge is -2.08. The number of nitrogens with zero attached hydrogens (tertiary/aromatic N) is 1. The maximum absolute atomic E-state index is 13.1. The van der Waals surface area contributed by atoms with Crippen LogP contribution in [0.15, 0.2) is 47.5 Å². The van der Waals surface area contributed by atoms with Gasteiger partial charge in [0.2, 0.25) is 5.91 Å². The molecule has 4 N–H and O–H groups in total. The molecule has 0 saturated carbocycles. The molecule has 0 spiro atoms. The Morgan fingerprint density at radius 3 is 2.50 bits per heavy atom. The first-order chi connectivity index (χ1) is 11.9. The van der Waals surface area contributed by atoms with E-state index >= 15 is 0 Å². The van der Waals surface area contributed by atoms with E-state index in [4.69, 9.17) is 5.73 Å². The smallest absolute Gasteiger partial charge is 0.224 e. The summed E-state index contributed by atoms with van der Waals surface area (Å²) in [6.07, 6.45) is 0.137. The summed E-state index contributed by atoms with van der Waals surface area (Å²) in [7, 11) is 0. The van der Waals surface area contributed by atoms with Gasteiger partial charge in [-0.25, -0.2) is 4.39 Å². The molecule has 7 heteroatoms. The molecule has 1 amide bonds. The van der Waals surface area contributed by atoms with Crippen molar-refractivity contribution in [2.45, 2.75) is 20.3 Å². The highest BCUT2D eigenvalue weighted by atomic mass is 127. The fraction of sp³-hybridized carbons (Fsp3) is 0.263. The second-order valence-electron chi connectivity index (χ2n) is 5.92.